The molecule has 0 atom stereocenters. The molecular weight excluding hydrogens is 410 g/mol. The molecule has 0 aliphatic rings. The normalized spacial score (nSPS) is 11.0. The number of nitrogens with zero attached hydrogens (tertiary/aromatic N) is 4. The maximum atomic E-state index is 12.1. The van der Waals surface area contributed by atoms with Crippen molar-refractivity contribution in [1.82, 2.24) is 19.6 Å². The molecule has 1 amide bonds. The Morgan fingerprint density at radius 3 is 3.00 bits per heavy atom. The molecule has 9 heteroatoms. The van der Waals surface area contributed by atoms with Gasteiger partial charge in [0.2, 0.25) is 0 Å². The lowest BCUT2D eigenvalue weighted by Gasteiger charge is -2.06. The Morgan fingerprint density at radius 2 is 2.20 bits per heavy atom. The number of rotatable bonds is 3. The molecule has 0 saturated heterocycles. The highest BCUT2D eigenvalue weighted by Crippen LogP contribution is 2.29. The summed E-state index contributed by atoms with van der Waals surface area (Å²) in [6, 6.07) is 8.29. The van der Waals surface area contributed by atoms with Gasteiger partial charge in [0.25, 0.3) is 11.7 Å². The first kappa shape index (κ1) is 15.8. The molecule has 0 aliphatic carbocycles. The number of aromatic nitrogens is 4. The van der Waals surface area contributed by atoms with Gasteiger partial charge in [0, 0.05) is 23.6 Å². The minimum Gasteiger partial charge on any atom is -0.459 e. The number of nitrogens with one attached hydrogen (secondary N) is 1. The van der Waals surface area contributed by atoms with Gasteiger partial charge in [-0.05, 0) is 46.3 Å². The van der Waals surface area contributed by atoms with Crippen molar-refractivity contribution in [1.29, 1.82) is 0 Å². The summed E-state index contributed by atoms with van der Waals surface area (Å²) in [4.78, 5) is 20.6. The molecule has 0 aliphatic heterocycles. The summed E-state index contributed by atoms with van der Waals surface area (Å²) in [6.07, 6.45) is 4.82. The number of furan rings is 1. The number of benzene rings is 1. The fraction of sp³-hybridized carbons (Fsp3) is 0. The first-order valence-electron chi connectivity index (χ1n) is 7.13. The lowest BCUT2D eigenvalue weighted by molar-refractivity contribution is 0.0996. The lowest BCUT2D eigenvalue weighted by atomic mass is 10.2. The average molecular weight is 419 g/mol. The van der Waals surface area contributed by atoms with Crippen molar-refractivity contribution in [3.8, 4) is 11.4 Å². The molecule has 4 aromatic rings. The summed E-state index contributed by atoms with van der Waals surface area (Å²) < 4.78 is 7.40. The summed E-state index contributed by atoms with van der Waals surface area (Å²) >= 11 is 9.61. The minimum atomic E-state index is -0.355. The lowest BCUT2D eigenvalue weighted by Crippen LogP contribution is -2.10. The fourth-order valence-electron chi connectivity index (χ4n) is 2.25. The second-order valence-electron chi connectivity index (χ2n) is 5.08. The van der Waals surface area contributed by atoms with Crippen LogP contribution in [0.2, 0.25) is 5.02 Å². The number of carbonyl (C=O) groups excluding carboxylic acids is 1. The molecule has 0 fully saturated rings. The zero-order valence-electron chi connectivity index (χ0n) is 12.5. The van der Waals surface area contributed by atoms with Crippen molar-refractivity contribution in [2.45, 2.75) is 0 Å². The standard InChI is InChI=1S/C16H9BrClN5O2/c17-9-7-19-16-21-14(22-23(16)8-9)11-6-10(3-4-12(11)18)20-15(24)13-2-1-5-25-13/h1-8H,(H,20,24). The molecular formula is C16H9BrClN5O2. The van der Waals surface area contributed by atoms with Gasteiger partial charge in [0.15, 0.2) is 11.6 Å². The summed E-state index contributed by atoms with van der Waals surface area (Å²) in [5, 5.41) is 7.58. The molecule has 0 saturated carbocycles. The molecule has 25 heavy (non-hydrogen) atoms. The van der Waals surface area contributed by atoms with Crippen LogP contribution in [0.25, 0.3) is 17.2 Å². The number of amides is 1. The Balaban J connectivity index is 1.70. The molecule has 0 unspecified atom stereocenters. The summed E-state index contributed by atoms with van der Waals surface area (Å²) in [6.45, 7) is 0. The van der Waals surface area contributed by atoms with Crippen molar-refractivity contribution in [2.75, 3.05) is 5.32 Å². The van der Waals surface area contributed by atoms with Gasteiger partial charge in [-0.1, -0.05) is 11.6 Å². The second kappa shape index (κ2) is 6.30. The molecule has 124 valence electrons. The third-order valence-corrected chi connectivity index (χ3v) is 4.11. The third kappa shape index (κ3) is 3.13. The van der Waals surface area contributed by atoms with Gasteiger partial charge >= 0.3 is 0 Å². The fourth-order valence-corrected chi connectivity index (χ4v) is 2.75. The predicted octanol–water partition coefficient (Wildman–Crippen LogP) is 4.05. The first-order chi connectivity index (χ1) is 12.1. The molecule has 3 aromatic heterocycles. The Labute approximate surface area is 154 Å². The molecule has 4 rings (SSSR count). The van der Waals surface area contributed by atoms with Gasteiger partial charge in [0.1, 0.15) is 0 Å². The Bertz CT molecular complexity index is 1080. The second-order valence-corrected chi connectivity index (χ2v) is 6.40. The number of halogens is 2. The largest absolute Gasteiger partial charge is 0.459 e. The van der Waals surface area contributed by atoms with Crippen molar-refractivity contribution < 1.29 is 9.21 Å². The average Bonchev–Trinajstić information content (AvgIpc) is 3.25. The van der Waals surface area contributed by atoms with Gasteiger partial charge in [0.05, 0.1) is 15.8 Å². The molecule has 0 spiro atoms. The van der Waals surface area contributed by atoms with E-state index in [2.05, 4.69) is 36.3 Å². The summed E-state index contributed by atoms with van der Waals surface area (Å²) in [5.74, 6) is 0.715. The van der Waals surface area contributed by atoms with Crippen molar-refractivity contribution in [3.63, 3.8) is 0 Å². The number of fused-ring (bicyclic) bond motifs is 1. The summed E-state index contributed by atoms with van der Waals surface area (Å²) in [7, 11) is 0. The van der Waals surface area contributed by atoms with E-state index in [0.717, 1.165) is 4.47 Å². The highest BCUT2D eigenvalue weighted by Gasteiger charge is 2.14. The Kier molecular flexibility index (Phi) is 3.98. The number of hydrogen-bond donors (Lipinski definition) is 1. The van der Waals surface area contributed by atoms with Crippen molar-refractivity contribution >= 4 is 44.9 Å². The number of anilines is 1. The van der Waals surface area contributed by atoms with Crippen molar-refractivity contribution in [2.24, 2.45) is 0 Å². The van der Waals surface area contributed by atoms with Crippen molar-refractivity contribution in [3.05, 3.63) is 64.2 Å². The van der Waals surface area contributed by atoms with E-state index in [1.54, 1.807) is 47.2 Å². The minimum absolute atomic E-state index is 0.219. The third-order valence-electron chi connectivity index (χ3n) is 3.37. The molecule has 0 radical (unpaired) electrons. The number of hydrogen-bond acceptors (Lipinski definition) is 5. The van der Waals surface area contributed by atoms with E-state index < -0.39 is 0 Å². The van der Waals surface area contributed by atoms with Gasteiger partial charge in [-0.3, -0.25) is 4.79 Å². The monoisotopic (exact) mass is 417 g/mol. The SMILES string of the molecule is O=C(Nc1ccc(Cl)c(-c2nc3ncc(Br)cn3n2)c1)c1ccco1. The topological polar surface area (TPSA) is 85.3 Å². The van der Waals surface area contributed by atoms with E-state index >= 15 is 0 Å². The maximum absolute atomic E-state index is 12.1. The van der Waals surface area contributed by atoms with Crippen LogP contribution in [0.4, 0.5) is 5.69 Å². The Hall–Kier alpha value is -2.71. The van der Waals surface area contributed by atoms with E-state index in [0.29, 0.717) is 27.9 Å². The van der Waals surface area contributed by atoms with E-state index in [9.17, 15) is 4.79 Å². The smallest absolute Gasteiger partial charge is 0.291 e. The summed E-state index contributed by atoms with van der Waals surface area (Å²) in [5.41, 5.74) is 1.13. The maximum Gasteiger partial charge on any atom is 0.291 e. The molecule has 1 aromatic carbocycles. The zero-order chi connectivity index (χ0) is 17.4. The predicted molar refractivity (Wildman–Crippen MR) is 95.6 cm³/mol. The first-order valence-corrected chi connectivity index (χ1v) is 8.30. The molecule has 0 bridgehead atoms. The van der Waals surface area contributed by atoms with Crippen LogP contribution in [0.1, 0.15) is 10.6 Å². The van der Waals surface area contributed by atoms with Crippen LogP contribution in [0.3, 0.4) is 0 Å². The number of carbonyl (C=O) groups is 1. The van der Waals surface area contributed by atoms with Crippen LogP contribution < -0.4 is 5.32 Å². The zero-order valence-corrected chi connectivity index (χ0v) is 14.8. The van der Waals surface area contributed by atoms with Crippen LogP contribution in [0.15, 0.2) is 57.9 Å². The molecule has 1 N–H and O–H groups in total. The van der Waals surface area contributed by atoms with Crippen LogP contribution in [-0.4, -0.2) is 25.5 Å². The van der Waals surface area contributed by atoms with Crippen LogP contribution in [0.5, 0.6) is 0 Å². The van der Waals surface area contributed by atoms with E-state index in [4.69, 9.17) is 16.0 Å². The van der Waals surface area contributed by atoms with Crippen LogP contribution in [-0.2, 0) is 0 Å². The molecule has 3 heterocycles. The van der Waals surface area contributed by atoms with Gasteiger partial charge in [-0.25, -0.2) is 9.50 Å². The van der Waals surface area contributed by atoms with E-state index in [-0.39, 0.29) is 11.7 Å². The highest BCUT2D eigenvalue weighted by molar-refractivity contribution is 9.10. The van der Waals surface area contributed by atoms with Gasteiger partial charge in [-0.15, -0.1) is 5.10 Å². The highest BCUT2D eigenvalue weighted by atomic mass is 79.9. The Morgan fingerprint density at radius 1 is 1.32 bits per heavy atom. The van der Waals surface area contributed by atoms with E-state index in [1.165, 1.54) is 6.26 Å². The molecule has 7 nitrogen and oxygen atoms in total. The van der Waals surface area contributed by atoms with E-state index in [1.807, 2.05) is 0 Å². The van der Waals surface area contributed by atoms with Gasteiger partial charge < -0.3 is 9.73 Å². The quantitative estimate of drug-likeness (QED) is 0.542. The van der Waals surface area contributed by atoms with Crippen LogP contribution in [0, 0.1) is 0 Å². The van der Waals surface area contributed by atoms with Gasteiger partial charge in [-0.2, -0.15) is 4.98 Å². The van der Waals surface area contributed by atoms with Crippen LogP contribution >= 0.6 is 27.5 Å².